The second-order valence-electron chi connectivity index (χ2n) is 3.87. The van der Waals surface area contributed by atoms with Crippen LogP contribution in [0.25, 0.3) is 0 Å². The number of nitrogens with one attached hydrogen (secondary N) is 1. The van der Waals surface area contributed by atoms with E-state index in [-0.39, 0.29) is 5.16 Å². The average Bonchev–Trinajstić information content (AvgIpc) is 2.82. The van der Waals surface area contributed by atoms with Gasteiger partial charge in [0.1, 0.15) is 0 Å². The van der Waals surface area contributed by atoms with Crippen LogP contribution in [0.2, 0.25) is 0 Å². The van der Waals surface area contributed by atoms with Crippen molar-refractivity contribution in [2.45, 2.75) is 11.3 Å². The second kappa shape index (κ2) is 4.37. The molecule has 2 heterocycles. The zero-order valence-corrected chi connectivity index (χ0v) is 10.3. The summed E-state index contributed by atoms with van der Waals surface area (Å²) >= 11 is 1.22. The largest absolute Gasteiger partial charge is 0.483 e. The molecule has 0 aliphatic carbocycles. The minimum absolute atomic E-state index is 0.215. The summed E-state index contributed by atoms with van der Waals surface area (Å²) in [6, 6.07) is 9.12. The van der Waals surface area contributed by atoms with E-state index in [9.17, 15) is 13.2 Å². The van der Waals surface area contributed by atoms with E-state index in [1.807, 2.05) is 35.4 Å². The number of alkyl halides is 3. The first-order valence-corrected chi connectivity index (χ1v) is 6.38. The molecule has 98 valence electrons. The van der Waals surface area contributed by atoms with Gasteiger partial charge in [-0.1, -0.05) is 35.0 Å². The molecule has 0 radical (unpaired) electrons. The molecule has 2 aromatic rings. The zero-order valence-electron chi connectivity index (χ0n) is 9.48. The van der Waals surface area contributed by atoms with Gasteiger partial charge in [-0.15, -0.1) is 10.2 Å². The summed E-state index contributed by atoms with van der Waals surface area (Å²) in [5.41, 5.74) is 1.40. The van der Waals surface area contributed by atoms with Crippen molar-refractivity contribution in [3.8, 4) is 0 Å². The Balaban J connectivity index is 2.07. The Labute approximate surface area is 110 Å². The summed E-state index contributed by atoms with van der Waals surface area (Å²) in [7, 11) is 0. The van der Waals surface area contributed by atoms with E-state index in [4.69, 9.17) is 0 Å². The molecule has 1 aliphatic heterocycles. The average molecular weight is 285 g/mol. The van der Waals surface area contributed by atoms with Crippen molar-refractivity contribution in [2.75, 3.05) is 5.75 Å². The van der Waals surface area contributed by atoms with Crippen LogP contribution in [0.3, 0.4) is 0 Å². The van der Waals surface area contributed by atoms with Gasteiger partial charge in [0.2, 0.25) is 0 Å². The van der Waals surface area contributed by atoms with Crippen LogP contribution in [-0.4, -0.2) is 21.7 Å². The summed E-state index contributed by atoms with van der Waals surface area (Å²) < 4.78 is 39.1. The Kier molecular flexibility index (Phi) is 2.81. The number of halogens is 3. The van der Waals surface area contributed by atoms with Crippen molar-refractivity contribution in [1.29, 1.82) is 0 Å². The molecule has 0 saturated heterocycles. The number of aromatic nitrogens is 3. The number of hydrogen-bond acceptors (Lipinski definition) is 3. The molecule has 1 N–H and O–H groups in total. The molecule has 0 amide bonds. The fourth-order valence-corrected chi connectivity index (χ4v) is 2.57. The summed E-state index contributed by atoms with van der Waals surface area (Å²) in [4.78, 5) is 0. The lowest BCUT2D eigenvalue weighted by Crippen LogP contribution is -2.41. The van der Waals surface area contributed by atoms with E-state index in [0.717, 1.165) is 10.2 Å². The Morgan fingerprint density at radius 2 is 1.95 bits per heavy atom. The van der Waals surface area contributed by atoms with E-state index < -0.39 is 12.0 Å². The number of thioether (sulfide) groups is 1. The lowest BCUT2D eigenvalue weighted by Gasteiger charge is -2.09. The first-order valence-electron chi connectivity index (χ1n) is 5.39. The predicted molar refractivity (Wildman–Crippen MR) is 62.9 cm³/mol. The molecule has 3 rings (SSSR count). The minimum atomic E-state index is -4.51. The summed E-state index contributed by atoms with van der Waals surface area (Å²) in [6.45, 7) is 0. The fourth-order valence-electron chi connectivity index (χ4n) is 1.71. The highest BCUT2D eigenvalue weighted by Crippen LogP contribution is 2.27. The number of hydrogen-bond donors (Lipinski definition) is 1. The maximum absolute atomic E-state index is 12.8. The molecular weight excluding hydrogens is 277 g/mol. The highest BCUT2D eigenvalue weighted by Gasteiger charge is 2.45. The van der Waals surface area contributed by atoms with E-state index in [1.165, 1.54) is 11.8 Å². The number of nitrogens with zero attached hydrogens (tertiary/aromatic N) is 3. The number of benzene rings is 1. The number of fused-ring (bicyclic) bond motifs is 1. The fraction of sp³-hybridized carbons (Fsp3) is 0.182. The molecule has 1 aromatic carbocycles. The van der Waals surface area contributed by atoms with Gasteiger partial charge in [-0.3, -0.25) is 0 Å². The Morgan fingerprint density at radius 3 is 2.63 bits per heavy atom. The van der Waals surface area contributed by atoms with Crippen LogP contribution in [0, 0.1) is 0 Å². The van der Waals surface area contributed by atoms with Gasteiger partial charge >= 0.3 is 17.2 Å². The summed E-state index contributed by atoms with van der Waals surface area (Å²) in [5, 5.41) is 9.87. The molecular formula is C11H8F3N4S+. The van der Waals surface area contributed by atoms with Crippen LogP contribution in [0.15, 0.2) is 40.6 Å². The van der Waals surface area contributed by atoms with Crippen molar-refractivity contribution in [2.24, 2.45) is 5.10 Å². The van der Waals surface area contributed by atoms with Gasteiger partial charge in [0.15, 0.2) is 0 Å². The molecule has 0 bridgehead atoms. The maximum atomic E-state index is 12.8. The predicted octanol–water partition coefficient (Wildman–Crippen LogP) is 2.07. The van der Waals surface area contributed by atoms with Crippen LogP contribution in [0.1, 0.15) is 11.4 Å². The topological polar surface area (TPSA) is 44.9 Å². The number of rotatable bonds is 1. The Hall–Kier alpha value is -1.83. The van der Waals surface area contributed by atoms with Crippen molar-refractivity contribution < 1.29 is 17.8 Å². The van der Waals surface area contributed by atoms with Gasteiger partial charge < -0.3 is 0 Å². The molecule has 1 aromatic heterocycles. The lowest BCUT2D eigenvalue weighted by molar-refractivity contribution is -0.733. The van der Waals surface area contributed by atoms with E-state index in [1.54, 1.807) is 0 Å². The van der Waals surface area contributed by atoms with Gasteiger partial charge in [0.05, 0.1) is 16.6 Å². The standard InChI is InChI=1S/C11H7F3N4S/c12-11(13,14)9-15-16-10-18(9)17-8(6-19-10)7-4-2-1-3-5-7/h1-5H,6H2/p+1. The van der Waals surface area contributed by atoms with Crippen molar-refractivity contribution in [1.82, 2.24) is 10.2 Å². The first kappa shape index (κ1) is 12.2. The molecule has 0 fully saturated rings. The van der Waals surface area contributed by atoms with E-state index >= 15 is 0 Å². The van der Waals surface area contributed by atoms with Crippen LogP contribution < -0.4 is 4.68 Å². The van der Waals surface area contributed by atoms with Gasteiger partial charge in [-0.2, -0.15) is 13.2 Å². The maximum Gasteiger partial charge on any atom is 0.483 e. The summed E-state index contributed by atoms with van der Waals surface area (Å²) in [5.74, 6) is -0.477. The quantitative estimate of drug-likeness (QED) is 0.815. The smallest absolute Gasteiger partial charge is 0.161 e. The Morgan fingerprint density at radius 1 is 1.21 bits per heavy atom. The molecule has 0 unspecified atom stereocenters. The molecule has 19 heavy (non-hydrogen) atoms. The van der Waals surface area contributed by atoms with Gasteiger partial charge in [-0.25, -0.2) is 0 Å². The monoisotopic (exact) mass is 285 g/mol. The number of H-pyrrole nitrogens is 1. The van der Waals surface area contributed by atoms with Gasteiger partial charge in [-0.05, 0) is 17.3 Å². The van der Waals surface area contributed by atoms with Crippen LogP contribution in [-0.2, 0) is 6.18 Å². The third-order valence-corrected chi connectivity index (χ3v) is 3.52. The molecule has 0 spiro atoms. The molecule has 0 atom stereocenters. The third kappa shape index (κ3) is 2.23. The van der Waals surface area contributed by atoms with Crippen LogP contribution in [0.5, 0.6) is 0 Å². The first-order chi connectivity index (χ1) is 9.05. The highest BCUT2D eigenvalue weighted by molar-refractivity contribution is 7.99. The molecule has 0 saturated carbocycles. The zero-order chi connectivity index (χ0) is 13.5. The van der Waals surface area contributed by atoms with Gasteiger partial charge in [0.25, 0.3) is 0 Å². The summed E-state index contributed by atoms with van der Waals surface area (Å²) in [6.07, 6.45) is -4.51. The van der Waals surface area contributed by atoms with Gasteiger partial charge in [0, 0.05) is 0 Å². The SMILES string of the molecule is FC(F)(F)c1[nH]nc2[n+]1N=C(c1ccccc1)CS2. The highest BCUT2D eigenvalue weighted by atomic mass is 32.2. The van der Waals surface area contributed by atoms with Crippen molar-refractivity contribution in [3.05, 3.63) is 41.7 Å². The van der Waals surface area contributed by atoms with Crippen molar-refractivity contribution >= 4 is 17.5 Å². The lowest BCUT2D eigenvalue weighted by atomic mass is 10.1. The van der Waals surface area contributed by atoms with E-state index in [2.05, 4.69) is 10.2 Å². The molecule has 8 heteroatoms. The molecule has 1 aliphatic rings. The second-order valence-corrected chi connectivity index (χ2v) is 4.81. The normalized spacial score (nSPS) is 15.0. The Bertz CT molecular complexity index is 633. The number of aromatic amines is 1. The van der Waals surface area contributed by atoms with Crippen molar-refractivity contribution in [3.63, 3.8) is 0 Å². The van der Waals surface area contributed by atoms with Crippen LogP contribution >= 0.6 is 11.8 Å². The minimum Gasteiger partial charge on any atom is -0.161 e. The van der Waals surface area contributed by atoms with Crippen LogP contribution in [0.4, 0.5) is 13.2 Å². The molecule has 4 nitrogen and oxygen atoms in total. The van der Waals surface area contributed by atoms with E-state index in [0.29, 0.717) is 11.5 Å². The third-order valence-electron chi connectivity index (χ3n) is 2.58.